The van der Waals surface area contributed by atoms with Crippen LogP contribution < -0.4 is 10.7 Å². The largest absolute Gasteiger partial charge is 0.369 e. The first-order chi connectivity index (χ1) is 15.4. The van der Waals surface area contributed by atoms with E-state index in [0.29, 0.717) is 19.4 Å². The fourth-order valence-electron chi connectivity index (χ4n) is 3.44. The molecule has 1 aromatic heterocycles. The minimum Gasteiger partial charge on any atom is -0.358 e. The van der Waals surface area contributed by atoms with Gasteiger partial charge in [0.1, 0.15) is 21.5 Å². The Labute approximate surface area is 186 Å². The van der Waals surface area contributed by atoms with E-state index in [4.69, 9.17) is 5.73 Å². The number of nitrogens with zero attached hydrogens (tertiary/aromatic N) is 5. The molecule has 11 heteroatoms. The van der Waals surface area contributed by atoms with Crippen molar-refractivity contribution in [3.63, 3.8) is 0 Å². The van der Waals surface area contributed by atoms with Gasteiger partial charge in [-0.2, -0.15) is 15.1 Å². The van der Waals surface area contributed by atoms with Crippen LogP contribution in [0.15, 0.2) is 65.9 Å². The molecule has 0 spiro atoms. The first-order valence-electron chi connectivity index (χ1n) is 9.71. The Morgan fingerprint density at radius 3 is 2.66 bits per heavy atom. The average molecular weight is 456 g/mol. The van der Waals surface area contributed by atoms with Gasteiger partial charge in [0.05, 0.1) is 6.07 Å². The number of nitrogens with two attached hydrogens (primary N) is 1. The summed E-state index contributed by atoms with van der Waals surface area (Å²) in [6.07, 6.45) is 2.29. The van der Waals surface area contributed by atoms with Gasteiger partial charge in [-0.1, -0.05) is 42.1 Å². The van der Waals surface area contributed by atoms with Crippen molar-refractivity contribution in [2.45, 2.75) is 17.7 Å². The molecule has 8 nitrogen and oxygen atoms in total. The molecule has 2 N–H and O–H groups in total. The van der Waals surface area contributed by atoms with Crippen molar-refractivity contribution in [3.8, 4) is 0 Å². The summed E-state index contributed by atoms with van der Waals surface area (Å²) in [6.45, 7) is 0.377. The van der Waals surface area contributed by atoms with Crippen molar-refractivity contribution in [1.82, 2.24) is 9.97 Å². The van der Waals surface area contributed by atoms with Gasteiger partial charge in [-0.25, -0.2) is 8.78 Å². The minimum absolute atomic E-state index is 0.0176. The topological polar surface area (TPSA) is 111 Å². The van der Waals surface area contributed by atoms with Crippen LogP contribution in [-0.4, -0.2) is 26.5 Å². The first-order valence-corrected chi connectivity index (χ1v) is 10.5. The van der Waals surface area contributed by atoms with E-state index in [1.165, 1.54) is 29.0 Å². The maximum atomic E-state index is 14.6. The van der Waals surface area contributed by atoms with E-state index in [-0.39, 0.29) is 16.6 Å². The van der Waals surface area contributed by atoms with Crippen LogP contribution >= 0.6 is 11.8 Å². The van der Waals surface area contributed by atoms with Gasteiger partial charge in [0, 0.05) is 16.7 Å². The quantitative estimate of drug-likeness (QED) is 0.420. The van der Waals surface area contributed by atoms with Crippen LogP contribution in [0.2, 0.25) is 0 Å². The lowest BCUT2D eigenvalue weighted by Crippen LogP contribution is -2.39. The number of halogens is 2. The van der Waals surface area contributed by atoms with Crippen LogP contribution in [0.3, 0.4) is 0 Å². The number of anilines is 1. The summed E-state index contributed by atoms with van der Waals surface area (Å²) in [4.78, 5) is 17.9. The fourth-order valence-corrected chi connectivity index (χ4v) is 4.86. The van der Waals surface area contributed by atoms with Gasteiger partial charge >= 0.3 is 11.8 Å². The summed E-state index contributed by atoms with van der Waals surface area (Å²) in [5.41, 5.74) is 6.56. The number of hydrogen-bond acceptors (Lipinski definition) is 8. The molecule has 0 radical (unpaired) electrons. The lowest BCUT2D eigenvalue weighted by molar-refractivity contribution is -0.389. The standard InChI is InChI=1S/C21H18F2N6O2S/c22-15-7-8-17(23)16(13-15)19-27-28(20-25-12-9-18(26-20)29(30)31)21(32-19,10-4-11-24)14-5-2-1-3-6-14/h1-3,5-9,12-13H,4,10-11,24H2. The summed E-state index contributed by atoms with van der Waals surface area (Å²) in [5.74, 6) is -1.68. The highest BCUT2D eigenvalue weighted by atomic mass is 32.2. The second-order valence-electron chi connectivity index (χ2n) is 6.96. The van der Waals surface area contributed by atoms with Crippen LogP contribution in [0.5, 0.6) is 0 Å². The van der Waals surface area contributed by atoms with E-state index in [1.807, 2.05) is 30.3 Å². The fraction of sp³-hybridized carbons (Fsp3) is 0.190. The SMILES string of the molecule is NCCCC1(c2ccccc2)SC(c2cc(F)ccc2F)=NN1c1nccc([N+](=O)[O-])n1. The van der Waals surface area contributed by atoms with E-state index >= 15 is 0 Å². The van der Waals surface area contributed by atoms with Crippen molar-refractivity contribution >= 4 is 28.6 Å². The monoisotopic (exact) mass is 456 g/mol. The third-order valence-electron chi connectivity index (χ3n) is 4.91. The molecule has 0 amide bonds. The number of hydrazone groups is 1. The Morgan fingerprint density at radius 1 is 1.16 bits per heavy atom. The van der Waals surface area contributed by atoms with Crippen molar-refractivity contribution in [1.29, 1.82) is 0 Å². The van der Waals surface area contributed by atoms with Crippen LogP contribution in [0.4, 0.5) is 20.5 Å². The maximum Gasteiger partial charge on any atom is 0.369 e. The Balaban J connectivity index is 1.92. The zero-order valence-electron chi connectivity index (χ0n) is 16.7. The third kappa shape index (κ3) is 4.04. The predicted octanol–water partition coefficient (Wildman–Crippen LogP) is 4.17. The highest BCUT2D eigenvalue weighted by molar-refractivity contribution is 8.15. The van der Waals surface area contributed by atoms with E-state index in [1.54, 1.807) is 0 Å². The Kier molecular flexibility index (Phi) is 6.10. The molecular formula is C21H18F2N6O2S. The van der Waals surface area contributed by atoms with Crippen LogP contribution in [0.1, 0.15) is 24.0 Å². The summed E-state index contributed by atoms with van der Waals surface area (Å²) in [6, 6.07) is 13.6. The molecule has 4 rings (SSSR count). The molecule has 32 heavy (non-hydrogen) atoms. The summed E-state index contributed by atoms with van der Waals surface area (Å²) in [5, 5.41) is 17.5. The third-order valence-corrected chi connectivity index (χ3v) is 6.35. The highest BCUT2D eigenvalue weighted by Gasteiger charge is 2.49. The van der Waals surface area contributed by atoms with E-state index < -0.39 is 27.2 Å². The summed E-state index contributed by atoms with van der Waals surface area (Å²) in [7, 11) is 0. The molecule has 0 saturated carbocycles. The highest BCUT2D eigenvalue weighted by Crippen LogP contribution is 2.51. The van der Waals surface area contributed by atoms with Crippen LogP contribution in [0.25, 0.3) is 0 Å². The van der Waals surface area contributed by atoms with Crippen molar-refractivity contribution in [2.75, 3.05) is 11.6 Å². The molecule has 0 saturated heterocycles. The maximum absolute atomic E-state index is 14.6. The number of aromatic nitrogens is 2. The average Bonchev–Trinajstić information content (AvgIpc) is 3.20. The van der Waals surface area contributed by atoms with Crippen molar-refractivity contribution in [3.05, 3.63) is 93.7 Å². The predicted molar refractivity (Wildman–Crippen MR) is 118 cm³/mol. The van der Waals surface area contributed by atoms with Gasteiger partial charge in [-0.15, -0.1) is 0 Å². The van der Waals surface area contributed by atoms with Crippen LogP contribution in [-0.2, 0) is 4.87 Å². The van der Waals surface area contributed by atoms with Crippen molar-refractivity contribution < 1.29 is 13.7 Å². The molecule has 1 unspecified atom stereocenters. The van der Waals surface area contributed by atoms with E-state index in [0.717, 1.165) is 23.8 Å². The zero-order valence-corrected chi connectivity index (χ0v) is 17.5. The van der Waals surface area contributed by atoms with Gasteiger partial charge in [0.15, 0.2) is 0 Å². The number of thioether (sulfide) groups is 1. The molecule has 1 aliphatic heterocycles. The van der Waals surface area contributed by atoms with E-state index in [9.17, 15) is 18.9 Å². The Hall–Kier alpha value is -3.44. The molecule has 0 fully saturated rings. The van der Waals surface area contributed by atoms with Gasteiger partial charge in [0.2, 0.25) is 0 Å². The first kappa shape index (κ1) is 21.8. The molecule has 2 heterocycles. The lowest BCUT2D eigenvalue weighted by atomic mass is 10.0. The summed E-state index contributed by atoms with van der Waals surface area (Å²) >= 11 is 1.21. The second kappa shape index (κ2) is 8.97. The molecule has 0 aliphatic carbocycles. The van der Waals surface area contributed by atoms with Crippen LogP contribution in [0, 0.1) is 21.7 Å². The zero-order chi connectivity index (χ0) is 22.7. The Morgan fingerprint density at radius 2 is 1.94 bits per heavy atom. The number of benzene rings is 2. The van der Waals surface area contributed by atoms with E-state index in [2.05, 4.69) is 15.1 Å². The lowest BCUT2D eigenvalue weighted by Gasteiger charge is -2.34. The number of hydrogen-bond donors (Lipinski definition) is 1. The van der Waals surface area contributed by atoms with Gasteiger partial charge in [-0.05, 0) is 48.1 Å². The smallest absolute Gasteiger partial charge is 0.358 e. The normalized spacial score (nSPS) is 18.0. The van der Waals surface area contributed by atoms with Gasteiger partial charge in [-0.3, -0.25) is 0 Å². The summed E-state index contributed by atoms with van der Waals surface area (Å²) < 4.78 is 28.5. The second-order valence-corrected chi connectivity index (χ2v) is 8.22. The molecule has 0 bridgehead atoms. The number of rotatable bonds is 7. The number of nitro groups is 1. The molecule has 164 valence electrons. The minimum atomic E-state index is -0.968. The molecule has 2 aromatic carbocycles. The van der Waals surface area contributed by atoms with Gasteiger partial charge in [0.25, 0.3) is 0 Å². The van der Waals surface area contributed by atoms with Gasteiger partial charge < -0.3 is 15.8 Å². The van der Waals surface area contributed by atoms with Crippen molar-refractivity contribution in [2.24, 2.45) is 10.8 Å². The molecule has 3 aromatic rings. The molecule has 1 atom stereocenters. The molecular weight excluding hydrogens is 438 g/mol. The molecule has 1 aliphatic rings. The Bertz CT molecular complexity index is 1180.